The second-order valence-corrected chi connectivity index (χ2v) is 7.26. The third-order valence-electron chi connectivity index (χ3n) is 3.80. The number of amidine groups is 1. The van der Waals surface area contributed by atoms with Crippen molar-refractivity contribution in [3.63, 3.8) is 0 Å². The fraction of sp³-hybridized carbons (Fsp3) is 0.0556. The second kappa shape index (κ2) is 6.67. The van der Waals surface area contributed by atoms with E-state index in [2.05, 4.69) is 21.6 Å². The zero-order chi connectivity index (χ0) is 17.4. The number of pyridine rings is 1. The lowest BCUT2D eigenvalue weighted by atomic mass is 10.1. The van der Waals surface area contributed by atoms with Crippen molar-refractivity contribution in [2.24, 2.45) is 10.1 Å². The molecule has 7 heteroatoms. The van der Waals surface area contributed by atoms with Crippen molar-refractivity contribution in [2.75, 3.05) is 0 Å². The molecule has 0 aliphatic carbocycles. The van der Waals surface area contributed by atoms with Gasteiger partial charge in [0.1, 0.15) is 5.03 Å². The Morgan fingerprint density at radius 2 is 1.92 bits per heavy atom. The van der Waals surface area contributed by atoms with Crippen LogP contribution in [0, 0.1) is 6.92 Å². The van der Waals surface area contributed by atoms with E-state index in [-0.39, 0.29) is 0 Å². The minimum atomic E-state index is 0.583. The smallest absolute Gasteiger partial charge is 0.188 e. The van der Waals surface area contributed by atoms with Gasteiger partial charge in [0.25, 0.3) is 0 Å². The van der Waals surface area contributed by atoms with E-state index in [1.807, 2.05) is 37.3 Å². The number of hydrazone groups is 1. The van der Waals surface area contributed by atoms with E-state index < -0.39 is 0 Å². The largest absolute Gasteiger partial charge is 0.255 e. The van der Waals surface area contributed by atoms with E-state index in [0.717, 1.165) is 27.1 Å². The Morgan fingerprint density at radius 3 is 2.76 bits per heavy atom. The van der Waals surface area contributed by atoms with Crippen LogP contribution in [0.15, 0.2) is 57.6 Å². The first-order chi connectivity index (χ1) is 12.1. The van der Waals surface area contributed by atoms with E-state index in [1.165, 1.54) is 11.8 Å². The molecule has 1 aromatic heterocycles. The van der Waals surface area contributed by atoms with Crippen LogP contribution in [0.2, 0.25) is 10.0 Å². The highest BCUT2D eigenvalue weighted by Crippen LogP contribution is 2.32. The predicted octanol–water partition coefficient (Wildman–Crippen LogP) is 5.57. The molecule has 1 aliphatic heterocycles. The number of nitrogens with zero attached hydrogens (tertiary/aromatic N) is 3. The minimum absolute atomic E-state index is 0.583. The number of aromatic nitrogens is 1. The lowest BCUT2D eigenvalue weighted by molar-refractivity contribution is 1.05. The number of thioether (sulfide) groups is 1. The van der Waals surface area contributed by atoms with Crippen molar-refractivity contribution >= 4 is 62.9 Å². The first-order valence-electron chi connectivity index (χ1n) is 7.52. The molecule has 2 heterocycles. The second-order valence-electron chi connectivity index (χ2n) is 5.47. The first kappa shape index (κ1) is 16.4. The monoisotopic (exact) mass is 386 g/mol. The molecule has 2 aromatic carbocycles. The van der Waals surface area contributed by atoms with Gasteiger partial charge in [-0.1, -0.05) is 41.4 Å². The molecule has 0 bridgehead atoms. The molecule has 0 saturated heterocycles. The molecule has 0 amide bonds. The number of hydrogen-bond donors (Lipinski definition) is 1. The van der Waals surface area contributed by atoms with Crippen molar-refractivity contribution in [3.05, 3.63) is 63.6 Å². The normalized spacial score (nSPS) is 15.1. The van der Waals surface area contributed by atoms with Crippen LogP contribution in [0.4, 0.5) is 5.69 Å². The van der Waals surface area contributed by atoms with Crippen molar-refractivity contribution in [3.8, 4) is 0 Å². The molecule has 1 N–H and O–H groups in total. The molecule has 0 radical (unpaired) electrons. The van der Waals surface area contributed by atoms with E-state index in [4.69, 9.17) is 28.2 Å². The fourth-order valence-electron chi connectivity index (χ4n) is 2.50. The van der Waals surface area contributed by atoms with Crippen molar-refractivity contribution in [1.82, 2.24) is 10.4 Å². The number of rotatable bonds is 1. The minimum Gasteiger partial charge on any atom is -0.255 e. The topological polar surface area (TPSA) is 49.6 Å². The number of aliphatic imine (C=N–C) groups is 1. The molecule has 124 valence electrons. The summed E-state index contributed by atoms with van der Waals surface area (Å²) < 4.78 is 0. The van der Waals surface area contributed by atoms with Crippen LogP contribution in [0.25, 0.3) is 10.9 Å². The highest BCUT2D eigenvalue weighted by atomic mass is 35.5. The van der Waals surface area contributed by atoms with Gasteiger partial charge in [0.05, 0.1) is 22.4 Å². The number of nitrogens with one attached hydrogen (secondary N) is 1. The number of fused-ring (bicyclic) bond motifs is 2. The summed E-state index contributed by atoms with van der Waals surface area (Å²) in [6, 6.07) is 13.3. The molecule has 0 fully saturated rings. The molecule has 0 spiro atoms. The number of halogens is 2. The Balaban J connectivity index is 1.81. The number of hydrogen-bond acceptors (Lipinski definition) is 4. The van der Waals surface area contributed by atoms with Crippen molar-refractivity contribution in [1.29, 1.82) is 0 Å². The first-order valence-corrected chi connectivity index (χ1v) is 9.09. The van der Waals surface area contributed by atoms with E-state index in [9.17, 15) is 0 Å². The van der Waals surface area contributed by atoms with Gasteiger partial charge < -0.3 is 0 Å². The summed E-state index contributed by atoms with van der Waals surface area (Å²) in [5.74, 6) is 0. The van der Waals surface area contributed by atoms with Crippen LogP contribution >= 0.6 is 35.0 Å². The van der Waals surface area contributed by atoms with Crippen LogP contribution in [0.3, 0.4) is 0 Å². The zero-order valence-electron chi connectivity index (χ0n) is 13.1. The Hall–Kier alpha value is -2.08. The lowest BCUT2D eigenvalue weighted by Crippen LogP contribution is -2.11. The summed E-state index contributed by atoms with van der Waals surface area (Å²) in [6.07, 6.45) is 1.74. The summed E-state index contributed by atoms with van der Waals surface area (Å²) in [5.41, 5.74) is 6.39. The third-order valence-corrected chi connectivity index (χ3v) is 5.42. The Bertz CT molecular complexity index is 1050. The molecule has 25 heavy (non-hydrogen) atoms. The molecule has 4 nitrogen and oxygen atoms in total. The van der Waals surface area contributed by atoms with Crippen LogP contribution < -0.4 is 5.43 Å². The average molecular weight is 387 g/mol. The Morgan fingerprint density at radius 1 is 1.08 bits per heavy atom. The van der Waals surface area contributed by atoms with Gasteiger partial charge in [-0.2, -0.15) is 5.10 Å². The predicted molar refractivity (Wildman–Crippen MR) is 107 cm³/mol. The van der Waals surface area contributed by atoms with E-state index in [1.54, 1.807) is 12.3 Å². The molecule has 0 atom stereocenters. The fourth-order valence-corrected chi connectivity index (χ4v) is 3.62. The van der Waals surface area contributed by atoms with Crippen molar-refractivity contribution in [2.45, 2.75) is 11.9 Å². The highest BCUT2D eigenvalue weighted by Gasteiger charge is 2.15. The molecular weight excluding hydrogens is 375 g/mol. The summed E-state index contributed by atoms with van der Waals surface area (Å²) in [7, 11) is 0. The average Bonchev–Trinajstić information content (AvgIpc) is 2.80. The molecule has 3 aromatic rings. The SMILES string of the molecule is Cc1c(Cl)ccc2cc3c(nc12)SC(=Nc1ccccc1Cl)NN=C3. The Labute approximate surface area is 159 Å². The number of benzene rings is 2. The van der Waals surface area contributed by atoms with Gasteiger partial charge in [-0.15, -0.1) is 0 Å². The summed E-state index contributed by atoms with van der Waals surface area (Å²) in [6.45, 7) is 1.97. The molecule has 1 aliphatic rings. The van der Waals surface area contributed by atoms with Crippen LogP contribution in [-0.2, 0) is 0 Å². The third kappa shape index (κ3) is 3.23. The molecule has 0 saturated carbocycles. The summed E-state index contributed by atoms with van der Waals surface area (Å²) in [4.78, 5) is 9.34. The van der Waals surface area contributed by atoms with E-state index >= 15 is 0 Å². The van der Waals surface area contributed by atoms with Gasteiger partial charge in [0, 0.05) is 16.0 Å². The maximum Gasteiger partial charge on any atom is 0.188 e. The number of para-hydroxylation sites is 1. The Kier molecular flexibility index (Phi) is 4.37. The van der Waals surface area contributed by atoms with Crippen LogP contribution in [-0.4, -0.2) is 16.4 Å². The van der Waals surface area contributed by atoms with Gasteiger partial charge in [-0.05, 0) is 48.5 Å². The van der Waals surface area contributed by atoms with Crippen molar-refractivity contribution < 1.29 is 0 Å². The highest BCUT2D eigenvalue weighted by molar-refractivity contribution is 8.13. The maximum absolute atomic E-state index is 6.23. The summed E-state index contributed by atoms with van der Waals surface area (Å²) in [5, 5.41) is 7.97. The van der Waals surface area contributed by atoms with Gasteiger partial charge in [-0.3, -0.25) is 5.43 Å². The maximum atomic E-state index is 6.23. The standard InChI is InChI=1S/C18H12Cl2N4S/c1-10-13(19)7-6-11-8-12-9-21-24-18(25-17(12)23-16(10)11)22-15-5-3-2-4-14(15)20/h2-9H,1H3,(H,22,24). The summed E-state index contributed by atoms with van der Waals surface area (Å²) >= 11 is 13.8. The van der Waals surface area contributed by atoms with E-state index in [0.29, 0.717) is 20.9 Å². The van der Waals surface area contributed by atoms with Gasteiger partial charge in [-0.25, -0.2) is 9.98 Å². The molecule has 0 unspecified atom stereocenters. The van der Waals surface area contributed by atoms with Crippen LogP contribution in [0.1, 0.15) is 11.1 Å². The van der Waals surface area contributed by atoms with Gasteiger partial charge >= 0.3 is 0 Å². The van der Waals surface area contributed by atoms with Gasteiger partial charge in [0.15, 0.2) is 5.17 Å². The molecular formula is C18H12Cl2N4S. The van der Waals surface area contributed by atoms with Gasteiger partial charge in [0.2, 0.25) is 0 Å². The number of aryl methyl sites for hydroxylation is 1. The quantitative estimate of drug-likeness (QED) is 0.594. The molecule has 4 rings (SSSR count). The zero-order valence-corrected chi connectivity index (χ0v) is 15.5. The van der Waals surface area contributed by atoms with Crippen LogP contribution in [0.5, 0.6) is 0 Å². The lowest BCUT2D eigenvalue weighted by Gasteiger charge is -2.08.